The first-order chi connectivity index (χ1) is 11.6. The van der Waals surface area contributed by atoms with E-state index in [1.165, 1.54) is 12.8 Å². The fourth-order valence-electron chi connectivity index (χ4n) is 4.12. The van der Waals surface area contributed by atoms with Crippen molar-refractivity contribution in [1.29, 1.82) is 0 Å². The average Bonchev–Trinajstić information content (AvgIpc) is 2.60. The van der Waals surface area contributed by atoms with Crippen molar-refractivity contribution in [2.24, 2.45) is 5.92 Å². The van der Waals surface area contributed by atoms with Crippen LogP contribution in [0.1, 0.15) is 50.7 Å². The molecule has 0 radical (unpaired) electrons. The van der Waals surface area contributed by atoms with Crippen molar-refractivity contribution in [1.82, 2.24) is 5.32 Å². The highest BCUT2D eigenvalue weighted by molar-refractivity contribution is 5.73. The van der Waals surface area contributed by atoms with E-state index in [1.807, 2.05) is 18.2 Å². The van der Waals surface area contributed by atoms with Crippen molar-refractivity contribution in [3.8, 4) is 11.5 Å². The molecule has 1 N–H and O–H groups in total. The van der Waals surface area contributed by atoms with Gasteiger partial charge in [0, 0.05) is 18.9 Å². The largest absolute Gasteiger partial charge is 0.493 e. The van der Waals surface area contributed by atoms with Crippen LogP contribution in [-0.2, 0) is 9.53 Å². The number of fused-ring (bicyclic) bond motifs is 1. The third kappa shape index (κ3) is 3.51. The maximum absolute atomic E-state index is 11.6. The summed E-state index contributed by atoms with van der Waals surface area (Å²) in [5.74, 6) is 1.89. The fourth-order valence-corrected chi connectivity index (χ4v) is 4.12. The Labute approximate surface area is 143 Å². The van der Waals surface area contributed by atoms with Gasteiger partial charge in [-0.25, -0.2) is 0 Å². The summed E-state index contributed by atoms with van der Waals surface area (Å²) in [5, 5.41) is 3.16. The highest BCUT2D eigenvalue weighted by atomic mass is 16.5. The van der Waals surface area contributed by atoms with Crippen LogP contribution >= 0.6 is 0 Å². The third-order valence-electron chi connectivity index (χ3n) is 5.25. The number of carbonyl (C=O) groups is 1. The number of rotatable bonds is 4. The molecule has 1 heterocycles. The average molecular weight is 333 g/mol. The highest BCUT2D eigenvalue weighted by Gasteiger charge is 2.40. The summed E-state index contributed by atoms with van der Waals surface area (Å²) >= 11 is 0. The van der Waals surface area contributed by atoms with E-state index in [9.17, 15) is 4.79 Å². The molecule has 0 spiro atoms. The van der Waals surface area contributed by atoms with Crippen LogP contribution in [0.5, 0.6) is 11.5 Å². The van der Waals surface area contributed by atoms with Gasteiger partial charge in [-0.2, -0.15) is 0 Å². The Morgan fingerprint density at radius 2 is 1.92 bits per heavy atom. The van der Waals surface area contributed by atoms with Crippen molar-refractivity contribution in [3.05, 3.63) is 23.8 Å². The van der Waals surface area contributed by atoms with Crippen LogP contribution in [0.4, 0.5) is 0 Å². The van der Waals surface area contributed by atoms with E-state index >= 15 is 0 Å². The minimum absolute atomic E-state index is 0.0268. The van der Waals surface area contributed by atoms with E-state index in [0.29, 0.717) is 17.4 Å². The molecule has 0 unspecified atom stereocenters. The standard InChI is InChI=1S/C19H27NO4/c1-12(21)20-15-11-18(24-16-7-5-4-6-14(15)16)13-8-9-17(22-2)19(10-13)23-3/h8-10,14-16,18H,4-7,11H2,1-3H3,(H,20,21)/t14-,15+,16+,18+/m0/s1. The van der Waals surface area contributed by atoms with Crippen LogP contribution in [0.15, 0.2) is 18.2 Å². The lowest BCUT2D eigenvalue weighted by Gasteiger charge is -2.45. The summed E-state index contributed by atoms with van der Waals surface area (Å²) in [4.78, 5) is 11.6. The van der Waals surface area contributed by atoms with Crippen molar-refractivity contribution in [3.63, 3.8) is 0 Å². The zero-order valence-corrected chi connectivity index (χ0v) is 14.7. The van der Waals surface area contributed by atoms with E-state index in [4.69, 9.17) is 14.2 Å². The van der Waals surface area contributed by atoms with Crippen molar-refractivity contribution >= 4 is 5.91 Å². The molecule has 0 bridgehead atoms. The van der Waals surface area contributed by atoms with Crippen LogP contribution in [-0.4, -0.2) is 32.3 Å². The Kier molecular flexibility index (Phi) is 5.29. The summed E-state index contributed by atoms with van der Waals surface area (Å²) in [7, 11) is 3.27. The minimum atomic E-state index is -0.0268. The van der Waals surface area contributed by atoms with Crippen LogP contribution in [0.3, 0.4) is 0 Å². The van der Waals surface area contributed by atoms with Gasteiger partial charge < -0.3 is 19.5 Å². The number of hydrogen-bond donors (Lipinski definition) is 1. The molecule has 1 aliphatic carbocycles. The monoisotopic (exact) mass is 333 g/mol. The zero-order chi connectivity index (χ0) is 17.1. The summed E-state index contributed by atoms with van der Waals surface area (Å²) in [6.07, 6.45) is 5.63. The minimum Gasteiger partial charge on any atom is -0.493 e. The van der Waals surface area contributed by atoms with Gasteiger partial charge in [0.15, 0.2) is 11.5 Å². The molecule has 2 fully saturated rings. The molecule has 1 saturated heterocycles. The number of hydrogen-bond acceptors (Lipinski definition) is 4. The van der Waals surface area contributed by atoms with Gasteiger partial charge in [0.25, 0.3) is 0 Å². The highest BCUT2D eigenvalue weighted by Crippen LogP contribution is 2.42. The lowest BCUT2D eigenvalue weighted by molar-refractivity contribution is -0.131. The molecule has 1 aromatic carbocycles. The van der Waals surface area contributed by atoms with Crippen molar-refractivity contribution in [2.45, 2.75) is 57.3 Å². The van der Waals surface area contributed by atoms with Crippen molar-refractivity contribution < 1.29 is 19.0 Å². The summed E-state index contributed by atoms with van der Waals surface area (Å²) in [6, 6.07) is 6.11. The molecule has 5 heteroatoms. The molecule has 1 aromatic rings. The predicted molar refractivity (Wildman–Crippen MR) is 91.3 cm³/mol. The Hall–Kier alpha value is -1.75. The smallest absolute Gasteiger partial charge is 0.217 e. The lowest BCUT2D eigenvalue weighted by Crippen LogP contribution is -2.50. The van der Waals surface area contributed by atoms with E-state index < -0.39 is 0 Å². The Balaban J connectivity index is 1.83. The van der Waals surface area contributed by atoms with Crippen LogP contribution < -0.4 is 14.8 Å². The normalized spacial score (nSPS) is 29.5. The molecule has 1 aliphatic heterocycles. The molecular formula is C19H27NO4. The predicted octanol–water partition coefficient (Wildman–Crippen LogP) is 3.23. The second-order valence-electron chi connectivity index (χ2n) is 6.77. The number of ether oxygens (including phenoxy) is 3. The van der Waals surface area contributed by atoms with Crippen LogP contribution in [0.2, 0.25) is 0 Å². The van der Waals surface area contributed by atoms with E-state index in [2.05, 4.69) is 5.32 Å². The number of amides is 1. The lowest BCUT2D eigenvalue weighted by atomic mass is 9.76. The summed E-state index contributed by atoms with van der Waals surface area (Å²) in [5.41, 5.74) is 1.08. The van der Waals surface area contributed by atoms with Gasteiger partial charge in [0.05, 0.1) is 26.4 Å². The van der Waals surface area contributed by atoms with Crippen LogP contribution in [0.25, 0.3) is 0 Å². The number of nitrogens with one attached hydrogen (secondary N) is 1. The second-order valence-corrected chi connectivity index (χ2v) is 6.77. The number of carbonyl (C=O) groups excluding carboxylic acids is 1. The maximum atomic E-state index is 11.6. The van der Waals surface area contributed by atoms with Crippen molar-refractivity contribution in [2.75, 3.05) is 14.2 Å². The maximum Gasteiger partial charge on any atom is 0.217 e. The molecular weight excluding hydrogens is 306 g/mol. The van der Waals surface area contributed by atoms with E-state index in [0.717, 1.165) is 24.8 Å². The first-order valence-corrected chi connectivity index (χ1v) is 8.77. The number of benzene rings is 1. The second kappa shape index (κ2) is 7.43. The molecule has 0 aromatic heterocycles. The first kappa shape index (κ1) is 17.1. The summed E-state index contributed by atoms with van der Waals surface area (Å²) < 4.78 is 17.1. The van der Waals surface area contributed by atoms with Gasteiger partial charge in [0.1, 0.15) is 0 Å². The first-order valence-electron chi connectivity index (χ1n) is 8.77. The van der Waals surface area contributed by atoms with Gasteiger partial charge in [0.2, 0.25) is 5.91 Å². The van der Waals surface area contributed by atoms with Gasteiger partial charge in [-0.05, 0) is 37.0 Å². The Bertz CT molecular complexity index is 589. The van der Waals surface area contributed by atoms with E-state index in [-0.39, 0.29) is 24.2 Å². The van der Waals surface area contributed by atoms with Gasteiger partial charge in [-0.15, -0.1) is 0 Å². The SMILES string of the molecule is COc1ccc([C@H]2C[C@@H](NC(C)=O)[C@@H]3CCCC[C@H]3O2)cc1OC. The van der Waals surface area contributed by atoms with E-state index in [1.54, 1.807) is 21.1 Å². The van der Waals surface area contributed by atoms with Crippen LogP contribution in [0, 0.1) is 5.92 Å². The van der Waals surface area contributed by atoms with Gasteiger partial charge in [-0.1, -0.05) is 18.9 Å². The molecule has 4 atom stereocenters. The molecule has 5 nitrogen and oxygen atoms in total. The third-order valence-corrected chi connectivity index (χ3v) is 5.25. The Morgan fingerprint density at radius 1 is 1.17 bits per heavy atom. The Morgan fingerprint density at radius 3 is 2.62 bits per heavy atom. The molecule has 2 aliphatic rings. The van der Waals surface area contributed by atoms with Gasteiger partial charge >= 0.3 is 0 Å². The fraction of sp³-hybridized carbons (Fsp3) is 0.632. The molecule has 1 amide bonds. The quantitative estimate of drug-likeness (QED) is 0.919. The number of methoxy groups -OCH3 is 2. The van der Waals surface area contributed by atoms with Gasteiger partial charge in [-0.3, -0.25) is 4.79 Å². The topological polar surface area (TPSA) is 56.8 Å². The molecule has 3 rings (SSSR count). The summed E-state index contributed by atoms with van der Waals surface area (Å²) in [6.45, 7) is 1.60. The zero-order valence-electron chi connectivity index (χ0n) is 14.7. The molecule has 132 valence electrons. The molecule has 24 heavy (non-hydrogen) atoms. The molecule has 1 saturated carbocycles.